The first kappa shape index (κ1) is 12.6. The van der Waals surface area contributed by atoms with Crippen molar-refractivity contribution in [1.29, 1.82) is 0 Å². The number of ether oxygens (including phenoxy) is 3. The number of rotatable bonds is 5. The fraction of sp³-hybridized carbons (Fsp3) is 0.750. The van der Waals surface area contributed by atoms with Crippen molar-refractivity contribution in [2.45, 2.75) is 31.2 Å². The van der Waals surface area contributed by atoms with Gasteiger partial charge in [-0.15, -0.1) is 0 Å². The van der Waals surface area contributed by atoms with Crippen LogP contribution in [-0.2, 0) is 28.6 Å². The zero-order valence-electron chi connectivity index (χ0n) is 10.1. The van der Waals surface area contributed by atoms with E-state index in [4.69, 9.17) is 14.6 Å². The zero-order valence-corrected chi connectivity index (χ0v) is 10.1. The van der Waals surface area contributed by atoms with Crippen molar-refractivity contribution in [2.24, 2.45) is 11.8 Å². The van der Waals surface area contributed by atoms with Crippen LogP contribution in [0.3, 0.4) is 0 Å². The van der Waals surface area contributed by atoms with Crippen LogP contribution < -0.4 is 0 Å². The fourth-order valence-corrected chi connectivity index (χ4v) is 3.16. The van der Waals surface area contributed by atoms with Gasteiger partial charge in [-0.2, -0.15) is 0 Å². The Morgan fingerprint density at radius 1 is 1.37 bits per heavy atom. The van der Waals surface area contributed by atoms with Gasteiger partial charge in [-0.3, -0.25) is 9.59 Å². The van der Waals surface area contributed by atoms with Gasteiger partial charge < -0.3 is 19.3 Å². The van der Waals surface area contributed by atoms with Gasteiger partial charge in [-0.1, -0.05) is 0 Å². The highest BCUT2D eigenvalue weighted by Crippen LogP contribution is 2.50. The van der Waals surface area contributed by atoms with Crippen molar-refractivity contribution in [1.82, 2.24) is 0 Å². The summed E-state index contributed by atoms with van der Waals surface area (Å²) in [5.41, 5.74) is 0. The van der Waals surface area contributed by atoms with Crippen LogP contribution in [0.1, 0.15) is 12.8 Å². The van der Waals surface area contributed by atoms with Gasteiger partial charge in [0.05, 0.1) is 12.0 Å². The van der Waals surface area contributed by atoms with E-state index in [0.717, 1.165) is 0 Å². The number of hydrogen-bond acceptors (Lipinski definition) is 7. The Hall–Kier alpha value is -1.47. The van der Waals surface area contributed by atoms with Gasteiger partial charge in [-0.05, 0) is 6.42 Å². The smallest absolute Gasteiger partial charge is 0.332 e. The maximum atomic E-state index is 11.7. The molecule has 0 aromatic carbocycles. The minimum absolute atomic E-state index is 0.121. The van der Waals surface area contributed by atoms with Crippen LogP contribution in [-0.4, -0.2) is 54.4 Å². The first-order valence-electron chi connectivity index (χ1n) is 6.24. The van der Waals surface area contributed by atoms with Crippen molar-refractivity contribution in [3.63, 3.8) is 0 Å². The average Bonchev–Trinajstić information content (AvgIpc) is 3.00. The second-order valence-electron chi connectivity index (χ2n) is 5.11. The van der Waals surface area contributed by atoms with E-state index in [2.05, 4.69) is 4.74 Å². The third kappa shape index (κ3) is 2.02. The molecule has 5 unspecified atom stereocenters. The summed E-state index contributed by atoms with van der Waals surface area (Å²) >= 11 is 0. The summed E-state index contributed by atoms with van der Waals surface area (Å²) in [5.74, 6) is -1.65. The van der Waals surface area contributed by atoms with E-state index in [9.17, 15) is 14.4 Å². The van der Waals surface area contributed by atoms with E-state index in [-0.39, 0.29) is 54.9 Å². The van der Waals surface area contributed by atoms with Gasteiger partial charge >= 0.3 is 11.9 Å². The molecule has 3 fully saturated rings. The van der Waals surface area contributed by atoms with Crippen LogP contribution in [0.25, 0.3) is 0 Å². The van der Waals surface area contributed by atoms with Crippen LogP contribution >= 0.6 is 0 Å². The summed E-state index contributed by atoms with van der Waals surface area (Å²) in [4.78, 5) is 33.9. The van der Waals surface area contributed by atoms with E-state index in [1.807, 2.05) is 0 Å². The normalized spacial score (nSPS) is 38.4. The monoisotopic (exact) mass is 270 g/mol. The molecule has 0 spiro atoms. The quantitative estimate of drug-likeness (QED) is 0.627. The Labute approximate surface area is 108 Å². The molecular formula is C12H14O7. The lowest BCUT2D eigenvalue weighted by Gasteiger charge is -2.21. The molecule has 3 aliphatic heterocycles. The first-order chi connectivity index (χ1) is 9.10. The van der Waals surface area contributed by atoms with E-state index in [1.165, 1.54) is 0 Å². The molecule has 7 heteroatoms. The molecule has 7 nitrogen and oxygen atoms in total. The van der Waals surface area contributed by atoms with Gasteiger partial charge in [0, 0.05) is 12.3 Å². The van der Waals surface area contributed by atoms with E-state index in [1.54, 1.807) is 0 Å². The summed E-state index contributed by atoms with van der Waals surface area (Å²) < 4.78 is 15.4. The van der Waals surface area contributed by atoms with Crippen molar-refractivity contribution < 1.29 is 33.7 Å². The van der Waals surface area contributed by atoms with Gasteiger partial charge in [0.15, 0.2) is 5.78 Å². The molecule has 104 valence electrons. The molecule has 3 rings (SSSR count). The molecule has 2 bridgehead atoms. The lowest BCUT2D eigenvalue weighted by Crippen LogP contribution is -2.34. The number of carbonyl (C=O) groups excluding carboxylic acids is 3. The van der Waals surface area contributed by atoms with Crippen LogP contribution in [0.15, 0.2) is 0 Å². The SMILES string of the molecule is O=C(COC(=O)CO)CC1C2CC3C(=O)OC1C3O2. The number of esters is 2. The Morgan fingerprint density at radius 3 is 2.89 bits per heavy atom. The molecule has 0 radical (unpaired) electrons. The third-order valence-electron chi connectivity index (χ3n) is 3.98. The Bertz CT molecular complexity index is 432. The third-order valence-corrected chi connectivity index (χ3v) is 3.98. The number of carbonyl (C=O) groups is 3. The lowest BCUT2D eigenvalue weighted by molar-refractivity contribution is -0.151. The molecule has 0 aliphatic carbocycles. The zero-order chi connectivity index (χ0) is 13.6. The highest BCUT2D eigenvalue weighted by Gasteiger charge is 2.63. The van der Waals surface area contributed by atoms with E-state index >= 15 is 0 Å². The molecule has 3 aliphatic rings. The minimum atomic E-state index is -0.829. The average molecular weight is 270 g/mol. The highest BCUT2D eigenvalue weighted by molar-refractivity contribution is 5.83. The lowest BCUT2D eigenvalue weighted by atomic mass is 9.80. The molecule has 0 aromatic heterocycles. The Balaban J connectivity index is 1.55. The van der Waals surface area contributed by atoms with Crippen LogP contribution in [0.4, 0.5) is 0 Å². The van der Waals surface area contributed by atoms with Crippen LogP contribution in [0.2, 0.25) is 0 Å². The van der Waals surface area contributed by atoms with E-state index < -0.39 is 12.6 Å². The molecule has 3 saturated heterocycles. The van der Waals surface area contributed by atoms with Gasteiger partial charge in [0.25, 0.3) is 0 Å². The van der Waals surface area contributed by atoms with Gasteiger partial charge in [0.2, 0.25) is 0 Å². The number of Topliss-reactive ketones (excluding diaryl/α,β-unsaturated/α-hetero) is 1. The summed E-state index contributed by atoms with van der Waals surface area (Å²) in [6.45, 7) is -1.11. The molecule has 0 aromatic rings. The predicted molar refractivity (Wildman–Crippen MR) is 57.8 cm³/mol. The van der Waals surface area contributed by atoms with Crippen LogP contribution in [0.5, 0.6) is 0 Å². The second kappa shape index (κ2) is 4.57. The first-order valence-corrected chi connectivity index (χ1v) is 6.24. The number of aliphatic hydroxyl groups excluding tert-OH is 1. The van der Waals surface area contributed by atoms with Crippen molar-refractivity contribution in [3.8, 4) is 0 Å². The Kier molecular flexibility index (Phi) is 3.02. The largest absolute Gasteiger partial charge is 0.459 e. The fourth-order valence-electron chi connectivity index (χ4n) is 3.16. The summed E-state index contributed by atoms with van der Waals surface area (Å²) in [6.07, 6.45) is 0.0896. The molecule has 0 saturated carbocycles. The maximum absolute atomic E-state index is 11.7. The summed E-state index contributed by atoms with van der Waals surface area (Å²) in [7, 11) is 0. The maximum Gasteiger partial charge on any atom is 0.332 e. The number of fused-ring (bicyclic) bond motifs is 1. The van der Waals surface area contributed by atoms with Gasteiger partial charge in [0.1, 0.15) is 25.4 Å². The van der Waals surface area contributed by atoms with E-state index in [0.29, 0.717) is 6.42 Å². The molecule has 19 heavy (non-hydrogen) atoms. The highest BCUT2D eigenvalue weighted by atomic mass is 16.6. The molecular weight excluding hydrogens is 256 g/mol. The van der Waals surface area contributed by atoms with Crippen LogP contribution in [0, 0.1) is 11.8 Å². The topological polar surface area (TPSA) is 99.1 Å². The van der Waals surface area contributed by atoms with Crippen molar-refractivity contribution in [3.05, 3.63) is 0 Å². The number of hydrogen-bond donors (Lipinski definition) is 1. The molecule has 0 amide bonds. The molecule has 1 N–H and O–H groups in total. The second-order valence-corrected chi connectivity index (χ2v) is 5.11. The summed E-state index contributed by atoms with van der Waals surface area (Å²) in [5, 5.41) is 8.47. The van der Waals surface area contributed by atoms with Crippen molar-refractivity contribution in [2.75, 3.05) is 13.2 Å². The van der Waals surface area contributed by atoms with Crippen molar-refractivity contribution >= 4 is 17.7 Å². The molecule has 5 atom stereocenters. The predicted octanol–water partition coefficient (Wildman–Crippen LogP) is -1.19. The summed E-state index contributed by atoms with van der Waals surface area (Å²) in [6, 6.07) is 0. The number of ketones is 1. The minimum Gasteiger partial charge on any atom is -0.459 e. The Morgan fingerprint density at radius 2 is 2.16 bits per heavy atom. The standard InChI is InChI=1S/C12H14O7/c13-3-9(15)17-4-5(14)1-6-8-2-7-11(18-8)10(6)19-12(7)16/h6-8,10-11,13H,1-4H2. The molecule has 3 heterocycles. The number of aliphatic hydroxyl groups is 1. The van der Waals surface area contributed by atoms with Gasteiger partial charge in [-0.25, -0.2) is 4.79 Å².